The van der Waals surface area contributed by atoms with Crippen molar-refractivity contribution in [2.75, 3.05) is 16.8 Å². The van der Waals surface area contributed by atoms with E-state index in [0.717, 1.165) is 23.3 Å². The van der Waals surface area contributed by atoms with E-state index in [0.29, 0.717) is 28.5 Å². The molecule has 0 aliphatic carbocycles. The van der Waals surface area contributed by atoms with Crippen LogP contribution >= 0.6 is 11.6 Å². The molecule has 8 heteroatoms. The van der Waals surface area contributed by atoms with Crippen molar-refractivity contribution in [2.24, 2.45) is 11.8 Å². The quantitative estimate of drug-likeness (QED) is 0.693. The van der Waals surface area contributed by atoms with Crippen molar-refractivity contribution in [3.05, 3.63) is 58.4 Å². The van der Waals surface area contributed by atoms with Gasteiger partial charge in [0.2, 0.25) is 11.8 Å². The summed E-state index contributed by atoms with van der Waals surface area (Å²) in [5, 5.41) is 3.33. The van der Waals surface area contributed by atoms with Crippen LogP contribution in [0.5, 0.6) is 0 Å². The number of carbonyl (C=O) groups is 3. The zero-order valence-corrected chi connectivity index (χ0v) is 17.4. The van der Waals surface area contributed by atoms with Gasteiger partial charge in [0.25, 0.3) is 5.91 Å². The fourth-order valence-electron chi connectivity index (χ4n) is 6.24. The minimum atomic E-state index is -1.27. The molecule has 4 atom stereocenters. The van der Waals surface area contributed by atoms with Crippen LogP contribution in [-0.4, -0.2) is 35.2 Å². The zero-order chi connectivity index (χ0) is 21.7. The van der Waals surface area contributed by atoms with Crippen LogP contribution in [0.3, 0.4) is 0 Å². The van der Waals surface area contributed by atoms with Gasteiger partial charge in [-0.15, -0.1) is 0 Å². The molecule has 6 rings (SSSR count). The summed E-state index contributed by atoms with van der Waals surface area (Å²) in [6, 6.07) is 8.77. The number of aryl methyl sites for hydroxylation is 1. The Balaban J connectivity index is 1.57. The van der Waals surface area contributed by atoms with E-state index in [2.05, 4.69) is 10.2 Å². The number of halogens is 2. The molecule has 6 nitrogen and oxygen atoms in total. The van der Waals surface area contributed by atoms with Gasteiger partial charge in [0.1, 0.15) is 11.4 Å². The van der Waals surface area contributed by atoms with Crippen LogP contribution in [0.15, 0.2) is 36.4 Å². The standard InChI is InChI=1S/C23H19ClFN3O3/c1-11-9-14-19(15(24)10-11)26-22(31)23(14)18-17(16-3-2-8-27(16)23)20(29)28(21(18)30)13-6-4-12(25)5-7-13/h4-7,9-10,16-18H,2-3,8H2,1H3,(H,26,31)/t16-,17+,18-,23+/m0/s1. The number of imide groups is 1. The monoisotopic (exact) mass is 439 g/mol. The summed E-state index contributed by atoms with van der Waals surface area (Å²) in [7, 11) is 0. The summed E-state index contributed by atoms with van der Waals surface area (Å²) >= 11 is 6.46. The van der Waals surface area contributed by atoms with E-state index in [1.807, 2.05) is 13.0 Å². The summed E-state index contributed by atoms with van der Waals surface area (Å²) in [5.41, 5.74) is 1.13. The van der Waals surface area contributed by atoms with Gasteiger partial charge in [-0.3, -0.25) is 19.3 Å². The summed E-state index contributed by atoms with van der Waals surface area (Å²) in [6.45, 7) is 2.52. The number of rotatable bonds is 1. The molecule has 31 heavy (non-hydrogen) atoms. The van der Waals surface area contributed by atoms with Gasteiger partial charge in [0.15, 0.2) is 0 Å². The number of anilines is 2. The predicted molar refractivity (Wildman–Crippen MR) is 112 cm³/mol. The van der Waals surface area contributed by atoms with Gasteiger partial charge in [-0.25, -0.2) is 9.29 Å². The van der Waals surface area contributed by atoms with Crippen molar-refractivity contribution in [2.45, 2.75) is 31.3 Å². The van der Waals surface area contributed by atoms with Crippen LogP contribution in [0, 0.1) is 24.6 Å². The van der Waals surface area contributed by atoms with Crippen molar-refractivity contribution >= 4 is 40.7 Å². The molecule has 0 unspecified atom stereocenters. The van der Waals surface area contributed by atoms with Crippen LogP contribution in [0.4, 0.5) is 15.8 Å². The highest BCUT2D eigenvalue weighted by Gasteiger charge is 2.74. The number of carbonyl (C=O) groups excluding carboxylic acids is 3. The van der Waals surface area contributed by atoms with Gasteiger partial charge in [-0.05, 0) is 62.2 Å². The fraction of sp³-hybridized carbons (Fsp3) is 0.348. The number of hydrogen-bond donors (Lipinski definition) is 1. The van der Waals surface area contributed by atoms with Crippen LogP contribution in [-0.2, 0) is 19.9 Å². The maximum absolute atomic E-state index is 13.8. The average Bonchev–Trinajstić information content (AvgIpc) is 3.42. The van der Waals surface area contributed by atoms with Gasteiger partial charge in [-0.1, -0.05) is 17.7 Å². The van der Waals surface area contributed by atoms with Crippen molar-refractivity contribution in [3.8, 4) is 0 Å². The van der Waals surface area contributed by atoms with Gasteiger partial charge < -0.3 is 5.32 Å². The van der Waals surface area contributed by atoms with Gasteiger partial charge in [-0.2, -0.15) is 0 Å². The number of nitrogens with one attached hydrogen (secondary N) is 1. The SMILES string of the molecule is Cc1cc(Cl)c2c(c1)[C@]1(C(=O)N2)[C@@H]2C(=O)N(c3ccc(F)cc3)C(=O)[C@@H]2[C@@H]2CCCN21. The molecule has 4 aliphatic rings. The van der Waals surface area contributed by atoms with Crippen LogP contribution in [0.1, 0.15) is 24.0 Å². The number of nitrogens with zero attached hydrogens (tertiary/aromatic N) is 2. The van der Waals surface area contributed by atoms with Crippen LogP contribution in [0.2, 0.25) is 5.02 Å². The lowest BCUT2D eigenvalue weighted by Gasteiger charge is -2.36. The number of fused-ring (bicyclic) bond motifs is 7. The van der Waals surface area contributed by atoms with E-state index < -0.39 is 29.1 Å². The third-order valence-corrected chi connectivity index (χ3v) is 7.58. The first-order valence-electron chi connectivity index (χ1n) is 10.4. The van der Waals surface area contributed by atoms with E-state index >= 15 is 0 Å². The minimum absolute atomic E-state index is 0.206. The van der Waals surface area contributed by atoms with E-state index in [9.17, 15) is 18.8 Å². The number of amides is 3. The molecule has 4 aliphatic heterocycles. The maximum atomic E-state index is 13.8. The lowest BCUT2D eigenvalue weighted by atomic mass is 9.75. The Kier molecular flexibility index (Phi) is 3.76. The molecule has 2 aromatic rings. The van der Waals surface area contributed by atoms with E-state index in [-0.39, 0.29) is 17.9 Å². The molecule has 1 N–H and O–H groups in total. The molecule has 3 amide bonds. The Morgan fingerprint density at radius 1 is 1.13 bits per heavy atom. The molecular weight excluding hydrogens is 421 g/mol. The molecule has 4 heterocycles. The normalized spacial score (nSPS) is 31.4. The average molecular weight is 440 g/mol. The van der Waals surface area contributed by atoms with E-state index in [1.165, 1.54) is 24.3 Å². The third kappa shape index (κ3) is 2.18. The molecule has 0 aromatic heterocycles. The van der Waals surface area contributed by atoms with Crippen molar-refractivity contribution < 1.29 is 18.8 Å². The van der Waals surface area contributed by atoms with Gasteiger partial charge in [0, 0.05) is 11.6 Å². The predicted octanol–water partition coefficient (Wildman–Crippen LogP) is 3.22. The van der Waals surface area contributed by atoms with Crippen LogP contribution < -0.4 is 10.2 Å². The lowest BCUT2D eigenvalue weighted by Crippen LogP contribution is -2.54. The molecule has 158 valence electrons. The summed E-state index contributed by atoms with van der Waals surface area (Å²) in [5.74, 6) is -2.98. The summed E-state index contributed by atoms with van der Waals surface area (Å²) in [4.78, 5) is 44.1. The molecule has 0 saturated carbocycles. The maximum Gasteiger partial charge on any atom is 0.250 e. The highest BCUT2D eigenvalue weighted by molar-refractivity contribution is 6.35. The first kappa shape index (κ1) is 19.0. The Bertz CT molecular complexity index is 1180. The lowest BCUT2D eigenvalue weighted by molar-refractivity contribution is -0.135. The molecule has 3 fully saturated rings. The minimum Gasteiger partial charge on any atom is -0.323 e. The number of hydrogen-bond acceptors (Lipinski definition) is 4. The first-order valence-corrected chi connectivity index (χ1v) is 10.8. The molecule has 3 saturated heterocycles. The van der Waals surface area contributed by atoms with Crippen molar-refractivity contribution in [1.29, 1.82) is 0 Å². The van der Waals surface area contributed by atoms with Crippen LogP contribution in [0.25, 0.3) is 0 Å². The Labute approximate surface area is 183 Å². The largest absolute Gasteiger partial charge is 0.323 e. The highest BCUT2D eigenvalue weighted by Crippen LogP contribution is 2.61. The topological polar surface area (TPSA) is 69.7 Å². The first-order chi connectivity index (χ1) is 14.9. The Morgan fingerprint density at radius 3 is 2.61 bits per heavy atom. The van der Waals surface area contributed by atoms with Crippen molar-refractivity contribution in [1.82, 2.24) is 4.90 Å². The second-order valence-electron chi connectivity index (χ2n) is 8.78. The molecule has 1 spiro atoms. The molecular formula is C23H19ClFN3O3. The second kappa shape index (κ2) is 6.14. The third-order valence-electron chi connectivity index (χ3n) is 7.28. The Morgan fingerprint density at radius 2 is 1.87 bits per heavy atom. The van der Waals surface area contributed by atoms with Crippen molar-refractivity contribution in [3.63, 3.8) is 0 Å². The highest BCUT2D eigenvalue weighted by atomic mass is 35.5. The van der Waals surface area contributed by atoms with Gasteiger partial charge >= 0.3 is 0 Å². The summed E-state index contributed by atoms with van der Waals surface area (Å²) < 4.78 is 13.4. The van der Waals surface area contributed by atoms with Gasteiger partial charge in [0.05, 0.1) is 28.2 Å². The molecule has 0 bridgehead atoms. The van der Waals surface area contributed by atoms with E-state index in [1.54, 1.807) is 6.07 Å². The zero-order valence-electron chi connectivity index (χ0n) is 16.7. The molecule has 0 radical (unpaired) electrons. The molecule has 2 aromatic carbocycles. The Hall–Kier alpha value is -2.77. The summed E-state index contributed by atoms with van der Waals surface area (Å²) in [6.07, 6.45) is 1.58. The van der Waals surface area contributed by atoms with E-state index in [4.69, 9.17) is 11.6 Å². The fourth-order valence-corrected chi connectivity index (χ4v) is 6.56. The smallest absolute Gasteiger partial charge is 0.250 e. The number of benzene rings is 2. The second-order valence-corrected chi connectivity index (χ2v) is 9.19.